The molecule has 0 aromatic carbocycles. The Kier molecular flexibility index (Phi) is 7.67. The van der Waals surface area contributed by atoms with Gasteiger partial charge in [0, 0.05) is 6.54 Å². The first kappa shape index (κ1) is 18.4. The molecule has 0 amide bonds. The van der Waals surface area contributed by atoms with Gasteiger partial charge >= 0.3 is 5.97 Å². The van der Waals surface area contributed by atoms with Crippen LogP contribution in [0.5, 0.6) is 0 Å². The van der Waals surface area contributed by atoms with Crippen molar-refractivity contribution in [2.24, 2.45) is 11.8 Å². The SMILES string of the molecule is CCNC(C)(CCCN1CCC(C)C(C)C1)C(=O)OCC. The van der Waals surface area contributed by atoms with Crippen LogP contribution in [0.3, 0.4) is 0 Å². The summed E-state index contributed by atoms with van der Waals surface area (Å²) < 4.78 is 5.22. The molecule has 0 aromatic heterocycles. The van der Waals surface area contributed by atoms with Crippen LogP contribution in [-0.2, 0) is 9.53 Å². The molecule has 1 fully saturated rings. The Morgan fingerprint density at radius 2 is 2.05 bits per heavy atom. The highest BCUT2D eigenvalue weighted by Gasteiger charge is 2.33. The highest BCUT2D eigenvalue weighted by Crippen LogP contribution is 2.23. The summed E-state index contributed by atoms with van der Waals surface area (Å²) in [6.07, 6.45) is 3.16. The van der Waals surface area contributed by atoms with Crippen LogP contribution in [0.4, 0.5) is 0 Å². The number of nitrogens with one attached hydrogen (secondary N) is 1. The summed E-state index contributed by atoms with van der Waals surface area (Å²) in [5, 5.41) is 3.30. The molecule has 0 spiro atoms. The van der Waals surface area contributed by atoms with Crippen LogP contribution in [-0.4, -0.2) is 49.2 Å². The first-order valence-electron chi connectivity index (χ1n) is 8.57. The minimum absolute atomic E-state index is 0.118. The van der Waals surface area contributed by atoms with Gasteiger partial charge in [-0.05, 0) is 64.6 Å². The molecule has 0 saturated carbocycles. The van der Waals surface area contributed by atoms with Gasteiger partial charge in [0.25, 0.3) is 0 Å². The van der Waals surface area contributed by atoms with Crippen molar-refractivity contribution in [2.75, 3.05) is 32.8 Å². The fraction of sp³-hybridized carbons (Fsp3) is 0.941. The summed E-state index contributed by atoms with van der Waals surface area (Å²) in [5.74, 6) is 1.50. The van der Waals surface area contributed by atoms with Crippen LogP contribution in [0, 0.1) is 11.8 Å². The molecule has 124 valence electrons. The van der Waals surface area contributed by atoms with Crippen LogP contribution in [0.15, 0.2) is 0 Å². The second-order valence-corrected chi connectivity index (χ2v) is 6.73. The fourth-order valence-corrected chi connectivity index (χ4v) is 3.15. The van der Waals surface area contributed by atoms with Gasteiger partial charge in [-0.25, -0.2) is 0 Å². The van der Waals surface area contributed by atoms with Crippen LogP contribution in [0.25, 0.3) is 0 Å². The quantitative estimate of drug-likeness (QED) is 0.700. The zero-order valence-electron chi connectivity index (χ0n) is 14.6. The monoisotopic (exact) mass is 298 g/mol. The molecule has 0 radical (unpaired) electrons. The number of likely N-dealkylation sites (N-methyl/N-ethyl adjacent to an activating group) is 1. The van der Waals surface area contributed by atoms with Crippen molar-refractivity contribution in [1.82, 2.24) is 10.2 Å². The van der Waals surface area contributed by atoms with E-state index in [2.05, 4.69) is 24.1 Å². The number of esters is 1. The number of nitrogens with zero attached hydrogens (tertiary/aromatic N) is 1. The first-order valence-corrected chi connectivity index (χ1v) is 8.57. The molecule has 1 rings (SSSR count). The number of hydrogen-bond acceptors (Lipinski definition) is 4. The van der Waals surface area contributed by atoms with Crippen molar-refractivity contribution < 1.29 is 9.53 Å². The lowest BCUT2D eigenvalue weighted by atomic mass is 9.88. The van der Waals surface area contributed by atoms with Crippen molar-refractivity contribution >= 4 is 5.97 Å². The molecule has 0 aliphatic carbocycles. The fourth-order valence-electron chi connectivity index (χ4n) is 3.15. The normalized spacial score (nSPS) is 26.3. The summed E-state index contributed by atoms with van der Waals surface area (Å²) in [5.41, 5.74) is -0.542. The van der Waals surface area contributed by atoms with E-state index in [9.17, 15) is 4.79 Å². The Morgan fingerprint density at radius 3 is 2.62 bits per heavy atom. The summed E-state index contributed by atoms with van der Waals surface area (Å²) in [4.78, 5) is 14.7. The number of carbonyl (C=O) groups excluding carboxylic acids is 1. The van der Waals surface area contributed by atoms with Gasteiger partial charge in [-0.1, -0.05) is 20.8 Å². The standard InChI is InChI=1S/C17H34N2O2/c1-6-18-17(5,16(20)21-7-2)10-8-11-19-12-9-14(3)15(4)13-19/h14-15,18H,6-13H2,1-5H3. The molecular weight excluding hydrogens is 264 g/mol. The Balaban J connectivity index is 2.41. The average Bonchev–Trinajstić information content (AvgIpc) is 2.43. The number of ether oxygens (including phenoxy) is 1. The van der Waals surface area contributed by atoms with Crippen molar-refractivity contribution in [2.45, 2.75) is 59.4 Å². The molecule has 1 N–H and O–H groups in total. The van der Waals surface area contributed by atoms with Crippen LogP contribution < -0.4 is 5.32 Å². The molecule has 1 heterocycles. The third kappa shape index (κ3) is 5.59. The van der Waals surface area contributed by atoms with Gasteiger partial charge < -0.3 is 15.0 Å². The largest absolute Gasteiger partial charge is 0.465 e. The molecule has 1 saturated heterocycles. The van der Waals surface area contributed by atoms with E-state index < -0.39 is 5.54 Å². The summed E-state index contributed by atoms with van der Waals surface area (Å²) in [6, 6.07) is 0. The molecule has 4 heteroatoms. The van der Waals surface area contributed by atoms with Gasteiger partial charge in [0.05, 0.1) is 6.61 Å². The Labute approximate surface area is 130 Å². The van der Waals surface area contributed by atoms with Crippen molar-refractivity contribution in [3.8, 4) is 0 Å². The van der Waals surface area contributed by atoms with Gasteiger partial charge in [0.2, 0.25) is 0 Å². The summed E-state index contributed by atoms with van der Waals surface area (Å²) >= 11 is 0. The molecule has 3 unspecified atom stereocenters. The zero-order chi connectivity index (χ0) is 15.9. The lowest BCUT2D eigenvalue weighted by Gasteiger charge is -2.36. The average molecular weight is 298 g/mol. The summed E-state index contributed by atoms with van der Waals surface area (Å²) in [6.45, 7) is 15.3. The first-order chi connectivity index (χ1) is 9.92. The highest BCUT2D eigenvalue weighted by molar-refractivity contribution is 5.80. The Hall–Kier alpha value is -0.610. The van der Waals surface area contributed by atoms with Gasteiger partial charge in [-0.15, -0.1) is 0 Å². The minimum Gasteiger partial charge on any atom is -0.465 e. The number of carbonyl (C=O) groups is 1. The highest BCUT2D eigenvalue weighted by atomic mass is 16.5. The molecule has 0 aromatic rings. The number of hydrogen-bond donors (Lipinski definition) is 1. The maximum Gasteiger partial charge on any atom is 0.326 e. The van der Waals surface area contributed by atoms with Crippen molar-refractivity contribution in [1.29, 1.82) is 0 Å². The predicted molar refractivity (Wildman–Crippen MR) is 87.3 cm³/mol. The lowest BCUT2D eigenvalue weighted by molar-refractivity contribution is -0.150. The minimum atomic E-state index is -0.542. The van der Waals surface area contributed by atoms with Gasteiger partial charge in [0.15, 0.2) is 0 Å². The van der Waals surface area contributed by atoms with Gasteiger partial charge in [0.1, 0.15) is 5.54 Å². The predicted octanol–water partition coefficient (Wildman–Crippen LogP) is 2.68. The number of piperidine rings is 1. The maximum atomic E-state index is 12.1. The summed E-state index contributed by atoms with van der Waals surface area (Å²) in [7, 11) is 0. The molecule has 1 aliphatic heterocycles. The molecular formula is C17H34N2O2. The molecule has 1 aliphatic rings. The Morgan fingerprint density at radius 1 is 1.33 bits per heavy atom. The van der Waals surface area contributed by atoms with E-state index in [1.54, 1.807) is 0 Å². The van der Waals surface area contributed by atoms with E-state index in [-0.39, 0.29) is 5.97 Å². The van der Waals surface area contributed by atoms with Gasteiger partial charge in [-0.2, -0.15) is 0 Å². The van der Waals surface area contributed by atoms with E-state index in [0.29, 0.717) is 6.61 Å². The van der Waals surface area contributed by atoms with Crippen molar-refractivity contribution in [3.63, 3.8) is 0 Å². The van der Waals surface area contributed by atoms with Crippen LogP contribution >= 0.6 is 0 Å². The molecule has 3 atom stereocenters. The molecule has 21 heavy (non-hydrogen) atoms. The van der Waals surface area contributed by atoms with Crippen LogP contribution in [0.2, 0.25) is 0 Å². The molecule has 0 bridgehead atoms. The maximum absolute atomic E-state index is 12.1. The smallest absolute Gasteiger partial charge is 0.326 e. The van der Waals surface area contributed by atoms with E-state index in [0.717, 1.165) is 37.8 Å². The van der Waals surface area contributed by atoms with Crippen molar-refractivity contribution in [3.05, 3.63) is 0 Å². The van der Waals surface area contributed by atoms with E-state index in [4.69, 9.17) is 4.74 Å². The van der Waals surface area contributed by atoms with E-state index in [1.807, 2.05) is 20.8 Å². The zero-order valence-corrected chi connectivity index (χ0v) is 14.6. The number of rotatable bonds is 8. The third-order valence-electron chi connectivity index (χ3n) is 4.86. The molecule has 4 nitrogen and oxygen atoms in total. The topological polar surface area (TPSA) is 41.6 Å². The second-order valence-electron chi connectivity index (χ2n) is 6.73. The second kappa shape index (κ2) is 8.74. The lowest BCUT2D eigenvalue weighted by Crippen LogP contribution is -2.51. The number of likely N-dealkylation sites (tertiary alicyclic amines) is 1. The van der Waals surface area contributed by atoms with E-state index >= 15 is 0 Å². The van der Waals surface area contributed by atoms with E-state index in [1.165, 1.54) is 19.5 Å². The third-order valence-corrected chi connectivity index (χ3v) is 4.86. The van der Waals surface area contributed by atoms with Crippen LogP contribution in [0.1, 0.15) is 53.9 Å². The Bertz CT molecular complexity index is 322. The van der Waals surface area contributed by atoms with Gasteiger partial charge in [-0.3, -0.25) is 4.79 Å².